The lowest BCUT2D eigenvalue weighted by Gasteiger charge is -2.02. The normalized spacial score (nSPS) is 9.50. The van der Waals surface area contributed by atoms with E-state index in [4.69, 9.17) is 0 Å². The lowest BCUT2D eigenvalue weighted by atomic mass is 10.1. The Morgan fingerprint density at radius 2 is 1.92 bits per heavy atom. The number of hydrogen-bond acceptors (Lipinski definition) is 2. The standard InChI is InChI=1S/C10H13NO/c1-3-11-10-6-4-9(5-7-10)8(2)12/h4-7,11H,3H2,1-2H3. The van der Waals surface area contributed by atoms with Crippen molar-refractivity contribution in [2.45, 2.75) is 13.8 Å². The van der Waals surface area contributed by atoms with Gasteiger partial charge in [0.15, 0.2) is 5.78 Å². The van der Waals surface area contributed by atoms with Crippen molar-refractivity contribution in [3.05, 3.63) is 29.8 Å². The van der Waals surface area contributed by atoms with Gasteiger partial charge in [-0.2, -0.15) is 0 Å². The van der Waals surface area contributed by atoms with Crippen LogP contribution < -0.4 is 5.32 Å². The van der Waals surface area contributed by atoms with E-state index < -0.39 is 0 Å². The van der Waals surface area contributed by atoms with E-state index in [0.717, 1.165) is 17.8 Å². The molecule has 0 aliphatic carbocycles. The molecule has 1 N–H and O–H groups in total. The minimum atomic E-state index is 0.109. The molecule has 2 heteroatoms. The quantitative estimate of drug-likeness (QED) is 0.693. The molecule has 0 heterocycles. The second-order valence-corrected chi connectivity index (χ2v) is 2.66. The largest absolute Gasteiger partial charge is 0.385 e. The van der Waals surface area contributed by atoms with Crippen LogP contribution in [0.15, 0.2) is 24.3 Å². The van der Waals surface area contributed by atoms with Crippen LogP contribution in [0.4, 0.5) is 5.69 Å². The predicted molar refractivity (Wildman–Crippen MR) is 50.6 cm³/mol. The van der Waals surface area contributed by atoms with Crippen LogP contribution in [0, 0.1) is 0 Å². The Labute approximate surface area is 72.6 Å². The predicted octanol–water partition coefficient (Wildman–Crippen LogP) is 2.32. The average Bonchev–Trinajstić information content (AvgIpc) is 2.06. The van der Waals surface area contributed by atoms with Crippen molar-refractivity contribution >= 4 is 11.5 Å². The van der Waals surface area contributed by atoms with Gasteiger partial charge in [-0.3, -0.25) is 4.79 Å². The Morgan fingerprint density at radius 3 is 2.33 bits per heavy atom. The van der Waals surface area contributed by atoms with Gasteiger partial charge in [-0.25, -0.2) is 0 Å². The van der Waals surface area contributed by atoms with Crippen LogP contribution in [-0.4, -0.2) is 12.3 Å². The van der Waals surface area contributed by atoms with E-state index in [0.29, 0.717) is 0 Å². The van der Waals surface area contributed by atoms with Crippen molar-refractivity contribution in [1.29, 1.82) is 0 Å². The highest BCUT2D eigenvalue weighted by molar-refractivity contribution is 5.94. The maximum Gasteiger partial charge on any atom is 0.159 e. The fourth-order valence-corrected chi connectivity index (χ4v) is 1.03. The zero-order valence-corrected chi connectivity index (χ0v) is 7.42. The molecule has 2 nitrogen and oxygen atoms in total. The molecule has 0 aliphatic rings. The third-order valence-electron chi connectivity index (χ3n) is 1.67. The summed E-state index contributed by atoms with van der Waals surface area (Å²) in [6.45, 7) is 4.51. The molecular formula is C10H13NO. The number of nitrogens with one attached hydrogen (secondary N) is 1. The molecule has 1 aromatic carbocycles. The highest BCUT2D eigenvalue weighted by Crippen LogP contribution is 2.09. The molecule has 0 amide bonds. The Hall–Kier alpha value is -1.31. The number of ketones is 1. The van der Waals surface area contributed by atoms with Gasteiger partial charge in [0, 0.05) is 17.8 Å². The summed E-state index contributed by atoms with van der Waals surface area (Å²) in [6.07, 6.45) is 0. The molecular weight excluding hydrogens is 150 g/mol. The molecule has 1 rings (SSSR count). The number of Topliss-reactive ketones (excluding diaryl/α,β-unsaturated/α-hetero) is 1. The van der Waals surface area contributed by atoms with E-state index in [9.17, 15) is 4.79 Å². The van der Waals surface area contributed by atoms with E-state index in [2.05, 4.69) is 5.32 Å². The summed E-state index contributed by atoms with van der Waals surface area (Å²) >= 11 is 0. The van der Waals surface area contributed by atoms with Crippen LogP contribution in [0.25, 0.3) is 0 Å². The van der Waals surface area contributed by atoms with E-state index >= 15 is 0 Å². The van der Waals surface area contributed by atoms with Crippen molar-refractivity contribution in [3.8, 4) is 0 Å². The molecule has 0 radical (unpaired) electrons. The Kier molecular flexibility index (Phi) is 2.86. The minimum Gasteiger partial charge on any atom is -0.385 e. The average molecular weight is 163 g/mol. The summed E-state index contributed by atoms with van der Waals surface area (Å²) in [5.74, 6) is 0.109. The molecule has 12 heavy (non-hydrogen) atoms. The number of carbonyl (C=O) groups excluding carboxylic acids is 1. The van der Waals surface area contributed by atoms with Gasteiger partial charge < -0.3 is 5.32 Å². The minimum absolute atomic E-state index is 0.109. The first-order valence-electron chi connectivity index (χ1n) is 4.09. The SMILES string of the molecule is CCNc1ccc(C(C)=O)cc1. The highest BCUT2D eigenvalue weighted by atomic mass is 16.1. The van der Waals surface area contributed by atoms with Crippen LogP contribution in [0.3, 0.4) is 0 Å². The Bertz CT molecular complexity index is 264. The summed E-state index contributed by atoms with van der Waals surface area (Å²) < 4.78 is 0. The first-order valence-corrected chi connectivity index (χ1v) is 4.09. The number of hydrogen-bond donors (Lipinski definition) is 1. The first-order chi connectivity index (χ1) is 5.74. The fourth-order valence-electron chi connectivity index (χ4n) is 1.03. The Balaban J connectivity index is 2.78. The van der Waals surface area contributed by atoms with Crippen LogP contribution in [0.2, 0.25) is 0 Å². The van der Waals surface area contributed by atoms with Crippen LogP contribution in [0.1, 0.15) is 24.2 Å². The lowest BCUT2D eigenvalue weighted by Crippen LogP contribution is -1.97. The van der Waals surface area contributed by atoms with E-state index in [1.165, 1.54) is 0 Å². The summed E-state index contributed by atoms with van der Waals surface area (Å²) in [4.78, 5) is 10.9. The number of anilines is 1. The smallest absolute Gasteiger partial charge is 0.159 e. The topological polar surface area (TPSA) is 29.1 Å². The summed E-state index contributed by atoms with van der Waals surface area (Å²) in [5, 5.41) is 3.16. The van der Waals surface area contributed by atoms with Crippen molar-refractivity contribution in [2.75, 3.05) is 11.9 Å². The summed E-state index contributed by atoms with van der Waals surface area (Å²) in [7, 11) is 0. The van der Waals surface area contributed by atoms with Crippen molar-refractivity contribution in [1.82, 2.24) is 0 Å². The zero-order chi connectivity index (χ0) is 8.97. The third-order valence-corrected chi connectivity index (χ3v) is 1.67. The maximum absolute atomic E-state index is 10.9. The van der Waals surface area contributed by atoms with Gasteiger partial charge in [0.2, 0.25) is 0 Å². The number of benzene rings is 1. The number of rotatable bonds is 3. The monoisotopic (exact) mass is 163 g/mol. The molecule has 0 saturated heterocycles. The van der Waals surface area contributed by atoms with E-state index in [1.54, 1.807) is 6.92 Å². The molecule has 0 aromatic heterocycles. The third kappa shape index (κ3) is 2.09. The van der Waals surface area contributed by atoms with Gasteiger partial charge in [0.1, 0.15) is 0 Å². The summed E-state index contributed by atoms with van der Waals surface area (Å²) in [5.41, 5.74) is 1.82. The van der Waals surface area contributed by atoms with Gasteiger partial charge in [-0.1, -0.05) is 0 Å². The van der Waals surface area contributed by atoms with Crippen LogP contribution >= 0.6 is 0 Å². The summed E-state index contributed by atoms with van der Waals surface area (Å²) in [6, 6.07) is 7.50. The molecule has 0 atom stereocenters. The number of carbonyl (C=O) groups is 1. The molecule has 0 saturated carbocycles. The Morgan fingerprint density at radius 1 is 1.33 bits per heavy atom. The van der Waals surface area contributed by atoms with Crippen LogP contribution in [-0.2, 0) is 0 Å². The lowest BCUT2D eigenvalue weighted by molar-refractivity contribution is 0.101. The van der Waals surface area contributed by atoms with Crippen molar-refractivity contribution in [2.24, 2.45) is 0 Å². The van der Waals surface area contributed by atoms with Gasteiger partial charge in [-0.15, -0.1) is 0 Å². The first kappa shape index (κ1) is 8.78. The molecule has 0 fully saturated rings. The van der Waals surface area contributed by atoms with Crippen molar-refractivity contribution in [3.63, 3.8) is 0 Å². The van der Waals surface area contributed by atoms with Gasteiger partial charge in [0.25, 0.3) is 0 Å². The molecule has 0 bridgehead atoms. The van der Waals surface area contributed by atoms with E-state index in [-0.39, 0.29) is 5.78 Å². The van der Waals surface area contributed by atoms with Gasteiger partial charge in [-0.05, 0) is 38.1 Å². The maximum atomic E-state index is 10.9. The van der Waals surface area contributed by atoms with Crippen LogP contribution in [0.5, 0.6) is 0 Å². The molecule has 0 aliphatic heterocycles. The highest BCUT2D eigenvalue weighted by Gasteiger charge is 1.96. The van der Waals surface area contributed by atoms with Crippen molar-refractivity contribution < 1.29 is 4.79 Å². The van der Waals surface area contributed by atoms with Gasteiger partial charge in [0.05, 0.1) is 0 Å². The van der Waals surface area contributed by atoms with E-state index in [1.807, 2.05) is 31.2 Å². The molecule has 0 spiro atoms. The van der Waals surface area contributed by atoms with Gasteiger partial charge >= 0.3 is 0 Å². The molecule has 0 unspecified atom stereocenters. The molecule has 1 aromatic rings. The molecule has 64 valence electrons. The second-order valence-electron chi connectivity index (χ2n) is 2.66. The second kappa shape index (κ2) is 3.90. The fraction of sp³-hybridized carbons (Fsp3) is 0.300. The zero-order valence-electron chi connectivity index (χ0n) is 7.42.